The van der Waals surface area contributed by atoms with Crippen molar-refractivity contribution >= 4 is 5.91 Å². The Labute approximate surface area is 110 Å². The van der Waals surface area contributed by atoms with Crippen LogP contribution in [-0.2, 0) is 11.2 Å². The van der Waals surface area contributed by atoms with E-state index in [0.717, 1.165) is 5.56 Å². The fourth-order valence-corrected chi connectivity index (χ4v) is 1.48. The third-order valence-corrected chi connectivity index (χ3v) is 2.44. The molecule has 0 aliphatic rings. The van der Waals surface area contributed by atoms with E-state index < -0.39 is 6.61 Å². The Morgan fingerprint density at radius 1 is 1.37 bits per heavy atom. The van der Waals surface area contributed by atoms with Crippen LogP contribution < -0.4 is 15.8 Å². The summed E-state index contributed by atoms with van der Waals surface area (Å²) in [5, 5.41) is 2.74. The maximum Gasteiger partial charge on any atom is 0.387 e. The topological polar surface area (TPSA) is 64.3 Å². The summed E-state index contributed by atoms with van der Waals surface area (Å²) in [5.41, 5.74) is 6.30. The van der Waals surface area contributed by atoms with Crippen molar-refractivity contribution in [1.82, 2.24) is 5.32 Å². The SMILES string of the molecule is CC(N)CCNC(=O)Cc1ccc(OC(F)F)cc1. The monoisotopic (exact) mass is 272 g/mol. The third-order valence-electron chi connectivity index (χ3n) is 2.44. The highest BCUT2D eigenvalue weighted by molar-refractivity contribution is 5.78. The fraction of sp³-hybridized carbons (Fsp3) is 0.462. The Kier molecular flexibility index (Phi) is 6.21. The Bertz CT molecular complexity index is 394. The zero-order valence-electron chi connectivity index (χ0n) is 10.7. The van der Waals surface area contributed by atoms with Crippen LogP contribution in [0.15, 0.2) is 24.3 Å². The number of nitrogens with two attached hydrogens (primary N) is 1. The van der Waals surface area contributed by atoms with Gasteiger partial charge < -0.3 is 15.8 Å². The minimum absolute atomic E-state index is 0.0473. The number of ether oxygens (including phenoxy) is 1. The van der Waals surface area contributed by atoms with E-state index in [9.17, 15) is 13.6 Å². The normalized spacial score (nSPS) is 12.3. The van der Waals surface area contributed by atoms with Gasteiger partial charge in [-0.25, -0.2) is 0 Å². The van der Waals surface area contributed by atoms with E-state index in [1.807, 2.05) is 6.92 Å². The highest BCUT2D eigenvalue weighted by Gasteiger charge is 2.06. The fourth-order valence-electron chi connectivity index (χ4n) is 1.48. The first-order chi connectivity index (χ1) is 8.97. The first kappa shape index (κ1) is 15.4. The molecule has 0 spiro atoms. The summed E-state index contributed by atoms with van der Waals surface area (Å²) in [6.07, 6.45) is 0.917. The summed E-state index contributed by atoms with van der Waals surface area (Å²) >= 11 is 0. The molecule has 6 heteroatoms. The highest BCUT2D eigenvalue weighted by atomic mass is 19.3. The van der Waals surface area contributed by atoms with Gasteiger partial charge in [-0.15, -0.1) is 0 Å². The zero-order valence-corrected chi connectivity index (χ0v) is 10.7. The molecule has 1 aromatic carbocycles. The van der Waals surface area contributed by atoms with Gasteiger partial charge in [0.2, 0.25) is 5.91 Å². The quantitative estimate of drug-likeness (QED) is 0.793. The smallest absolute Gasteiger partial charge is 0.387 e. The predicted octanol–water partition coefficient (Wildman–Crippen LogP) is 1.68. The second kappa shape index (κ2) is 7.68. The maximum atomic E-state index is 11.9. The van der Waals surface area contributed by atoms with Gasteiger partial charge in [-0.05, 0) is 31.0 Å². The average Bonchev–Trinajstić information content (AvgIpc) is 2.30. The molecule has 0 radical (unpaired) electrons. The maximum absolute atomic E-state index is 11.9. The molecular weight excluding hydrogens is 254 g/mol. The third kappa shape index (κ3) is 6.71. The lowest BCUT2D eigenvalue weighted by Crippen LogP contribution is -2.29. The summed E-state index contributed by atoms with van der Waals surface area (Å²) in [4.78, 5) is 11.6. The van der Waals surface area contributed by atoms with Gasteiger partial charge in [-0.2, -0.15) is 8.78 Å². The zero-order chi connectivity index (χ0) is 14.3. The number of rotatable bonds is 7. The summed E-state index contributed by atoms with van der Waals surface area (Å²) < 4.78 is 28.1. The molecule has 1 rings (SSSR count). The molecule has 0 aliphatic carbocycles. The standard InChI is InChI=1S/C13H18F2N2O2/c1-9(16)6-7-17-12(18)8-10-2-4-11(5-3-10)19-13(14)15/h2-5,9,13H,6-8,16H2,1H3,(H,17,18). The summed E-state index contributed by atoms with van der Waals surface area (Å²) in [5.74, 6) is -0.0423. The molecule has 0 fully saturated rings. The van der Waals surface area contributed by atoms with Crippen LogP contribution in [-0.4, -0.2) is 25.1 Å². The van der Waals surface area contributed by atoms with Crippen LogP contribution in [0.25, 0.3) is 0 Å². The van der Waals surface area contributed by atoms with Crippen LogP contribution in [0, 0.1) is 0 Å². The second-order valence-corrected chi connectivity index (χ2v) is 4.32. The number of hydrogen-bond acceptors (Lipinski definition) is 3. The first-order valence-corrected chi connectivity index (χ1v) is 6.03. The van der Waals surface area contributed by atoms with Gasteiger partial charge in [0.1, 0.15) is 5.75 Å². The van der Waals surface area contributed by atoms with E-state index in [-0.39, 0.29) is 24.1 Å². The average molecular weight is 272 g/mol. The molecule has 0 saturated carbocycles. The van der Waals surface area contributed by atoms with Gasteiger partial charge in [0, 0.05) is 12.6 Å². The van der Waals surface area contributed by atoms with Crippen molar-refractivity contribution in [3.63, 3.8) is 0 Å². The van der Waals surface area contributed by atoms with E-state index in [2.05, 4.69) is 10.1 Å². The highest BCUT2D eigenvalue weighted by Crippen LogP contribution is 2.15. The van der Waals surface area contributed by atoms with Crippen LogP contribution in [0.1, 0.15) is 18.9 Å². The molecule has 0 aromatic heterocycles. The molecule has 1 aromatic rings. The Morgan fingerprint density at radius 3 is 2.53 bits per heavy atom. The van der Waals surface area contributed by atoms with Gasteiger partial charge >= 0.3 is 6.61 Å². The molecule has 0 bridgehead atoms. The minimum Gasteiger partial charge on any atom is -0.435 e. The molecule has 106 valence electrons. The largest absolute Gasteiger partial charge is 0.435 e. The summed E-state index contributed by atoms with van der Waals surface area (Å²) in [6.45, 7) is -0.441. The number of amides is 1. The van der Waals surface area contributed by atoms with E-state index in [0.29, 0.717) is 13.0 Å². The van der Waals surface area contributed by atoms with Crippen LogP contribution in [0.4, 0.5) is 8.78 Å². The van der Waals surface area contributed by atoms with Crippen molar-refractivity contribution in [2.75, 3.05) is 6.54 Å². The summed E-state index contributed by atoms with van der Waals surface area (Å²) in [6, 6.07) is 6.05. The number of carbonyl (C=O) groups is 1. The molecule has 0 saturated heterocycles. The lowest BCUT2D eigenvalue weighted by atomic mass is 10.1. The van der Waals surface area contributed by atoms with Gasteiger partial charge in [-0.1, -0.05) is 12.1 Å². The van der Waals surface area contributed by atoms with Gasteiger partial charge in [0.15, 0.2) is 0 Å². The van der Waals surface area contributed by atoms with Crippen molar-refractivity contribution in [3.05, 3.63) is 29.8 Å². The van der Waals surface area contributed by atoms with Crippen molar-refractivity contribution in [1.29, 1.82) is 0 Å². The molecule has 0 aliphatic heterocycles. The molecule has 19 heavy (non-hydrogen) atoms. The molecule has 0 heterocycles. The van der Waals surface area contributed by atoms with E-state index in [1.165, 1.54) is 12.1 Å². The molecule has 4 nitrogen and oxygen atoms in total. The van der Waals surface area contributed by atoms with Crippen molar-refractivity contribution in [2.24, 2.45) is 5.73 Å². The van der Waals surface area contributed by atoms with Crippen molar-refractivity contribution in [3.8, 4) is 5.75 Å². The van der Waals surface area contributed by atoms with Gasteiger partial charge in [-0.3, -0.25) is 4.79 Å². The van der Waals surface area contributed by atoms with E-state index in [1.54, 1.807) is 12.1 Å². The molecule has 3 N–H and O–H groups in total. The number of benzene rings is 1. The Hall–Kier alpha value is -1.69. The van der Waals surface area contributed by atoms with Crippen LogP contribution >= 0.6 is 0 Å². The predicted molar refractivity (Wildman–Crippen MR) is 68.1 cm³/mol. The van der Waals surface area contributed by atoms with Gasteiger partial charge in [0.05, 0.1) is 6.42 Å². The molecule has 1 unspecified atom stereocenters. The van der Waals surface area contributed by atoms with Gasteiger partial charge in [0.25, 0.3) is 0 Å². The number of nitrogens with one attached hydrogen (secondary N) is 1. The summed E-state index contributed by atoms with van der Waals surface area (Å²) in [7, 11) is 0. The van der Waals surface area contributed by atoms with E-state index >= 15 is 0 Å². The number of carbonyl (C=O) groups excluding carboxylic acids is 1. The Balaban J connectivity index is 2.38. The van der Waals surface area contributed by atoms with Crippen LogP contribution in [0.5, 0.6) is 5.75 Å². The number of hydrogen-bond donors (Lipinski definition) is 2. The van der Waals surface area contributed by atoms with Crippen LogP contribution in [0.3, 0.4) is 0 Å². The number of alkyl halides is 2. The lowest BCUT2D eigenvalue weighted by Gasteiger charge is -2.08. The van der Waals surface area contributed by atoms with E-state index in [4.69, 9.17) is 5.73 Å². The Morgan fingerprint density at radius 2 is 2.00 bits per heavy atom. The number of halogens is 2. The lowest BCUT2D eigenvalue weighted by molar-refractivity contribution is -0.120. The first-order valence-electron chi connectivity index (χ1n) is 6.03. The van der Waals surface area contributed by atoms with Crippen molar-refractivity contribution < 1.29 is 18.3 Å². The van der Waals surface area contributed by atoms with Crippen molar-refractivity contribution in [2.45, 2.75) is 32.4 Å². The van der Waals surface area contributed by atoms with Crippen LogP contribution in [0.2, 0.25) is 0 Å². The molecule has 1 atom stereocenters. The second-order valence-electron chi connectivity index (χ2n) is 4.32. The minimum atomic E-state index is -2.84. The molecule has 1 amide bonds. The molecular formula is C13H18F2N2O2.